The van der Waals surface area contributed by atoms with Crippen molar-refractivity contribution < 1.29 is 4.79 Å². The number of nitrogens with zero attached hydrogens (tertiary/aromatic N) is 5. The Morgan fingerprint density at radius 1 is 1.15 bits per heavy atom. The van der Waals surface area contributed by atoms with Gasteiger partial charge in [0.2, 0.25) is 0 Å². The fourth-order valence-corrected chi connectivity index (χ4v) is 4.63. The molecule has 2 aliphatic rings. The van der Waals surface area contributed by atoms with Crippen LogP contribution in [0.25, 0.3) is 5.65 Å². The standard InChI is InChI=1S/C25H31N7O2/c1-17(27-25(34)21-14-24(33)32-13-3-2-9-22(32)28-21)20-10-11-23(30-29-20)31-12-5-8-19(16-31)26-15-18-6-4-7-18/h2-3,9-11,13-14,17-19,26H,4-8,12,15-16H2,1H3,(H,27,34)/t17?,19-/m1/s1. The molecular weight excluding hydrogens is 430 g/mol. The Morgan fingerprint density at radius 3 is 2.79 bits per heavy atom. The Balaban J connectivity index is 1.20. The topological polar surface area (TPSA) is 105 Å². The fraction of sp³-hybridized carbons (Fsp3) is 0.480. The number of piperidine rings is 1. The van der Waals surface area contributed by atoms with Crippen molar-refractivity contribution in [2.24, 2.45) is 5.92 Å². The zero-order chi connectivity index (χ0) is 23.5. The number of hydrogen-bond donors (Lipinski definition) is 2. The average molecular weight is 462 g/mol. The Morgan fingerprint density at radius 2 is 2.03 bits per heavy atom. The maximum Gasteiger partial charge on any atom is 0.270 e. The molecule has 0 bridgehead atoms. The molecule has 9 heteroatoms. The first-order chi connectivity index (χ1) is 16.6. The van der Waals surface area contributed by atoms with Gasteiger partial charge < -0.3 is 15.5 Å². The lowest BCUT2D eigenvalue weighted by Gasteiger charge is -2.35. The third kappa shape index (κ3) is 4.94. The number of aromatic nitrogens is 4. The molecular formula is C25H31N7O2. The highest BCUT2D eigenvalue weighted by atomic mass is 16.2. The van der Waals surface area contributed by atoms with Crippen molar-refractivity contribution in [1.82, 2.24) is 30.2 Å². The van der Waals surface area contributed by atoms with E-state index in [0.717, 1.165) is 37.8 Å². The first-order valence-corrected chi connectivity index (χ1v) is 12.2. The van der Waals surface area contributed by atoms with Crippen LogP contribution in [0.15, 0.2) is 47.4 Å². The van der Waals surface area contributed by atoms with E-state index in [1.165, 1.54) is 36.2 Å². The minimum atomic E-state index is -0.418. The van der Waals surface area contributed by atoms with Gasteiger partial charge in [-0.15, -0.1) is 5.10 Å². The van der Waals surface area contributed by atoms with Crippen LogP contribution in [0.4, 0.5) is 5.82 Å². The van der Waals surface area contributed by atoms with Gasteiger partial charge in [-0.05, 0) is 69.3 Å². The van der Waals surface area contributed by atoms with Gasteiger partial charge in [-0.3, -0.25) is 14.0 Å². The SMILES string of the molecule is CC(NC(=O)c1cc(=O)n2ccccc2n1)c1ccc(N2CCC[C@@H](NCC3CCC3)C2)nn1. The minimum absolute atomic E-state index is 0.0846. The highest BCUT2D eigenvalue weighted by Crippen LogP contribution is 2.26. The van der Waals surface area contributed by atoms with Crippen molar-refractivity contribution in [1.29, 1.82) is 0 Å². The summed E-state index contributed by atoms with van der Waals surface area (Å²) in [5, 5.41) is 15.4. The predicted molar refractivity (Wildman–Crippen MR) is 130 cm³/mol. The highest BCUT2D eigenvalue weighted by Gasteiger charge is 2.24. The van der Waals surface area contributed by atoms with E-state index < -0.39 is 5.91 Å². The van der Waals surface area contributed by atoms with Crippen molar-refractivity contribution in [3.8, 4) is 0 Å². The van der Waals surface area contributed by atoms with E-state index in [4.69, 9.17) is 0 Å². The quantitative estimate of drug-likeness (QED) is 0.556. The molecule has 4 heterocycles. The van der Waals surface area contributed by atoms with E-state index >= 15 is 0 Å². The lowest BCUT2D eigenvalue weighted by atomic mass is 9.85. The van der Waals surface area contributed by atoms with E-state index in [1.807, 2.05) is 19.1 Å². The van der Waals surface area contributed by atoms with E-state index in [9.17, 15) is 9.59 Å². The smallest absolute Gasteiger partial charge is 0.270 e. The number of anilines is 1. The maximum atomic E-state index is 12.7. The number of nitrogens with one attached hydrogen (secondary N) is 2. The van der Waals surface area contributed by atoms with Gasteiger partial charge in [0.05, 0.1) is 11.7 Å². The number of amides is 1. The molecule has 1 aliphatic carbocycles. The molecule has 1 amide bonds. The minimum Gasteiger partial charge on any atom is -0.354 e. The van der Waals surface area contributed by atoms with E-state index in [2.05, 4.69) is 30.7 Å². The zero-order valence-corrected chi connectivity index (χ0v) is 19.5. The summed E-state index contributed by atoms with van der Waals surface area (Å²) in [6.45, 7) is 4.89. The number of hydrogen-bond acceptors (Lipinski definition) is 7. The molecule has 3 aromatic heterocycles. The molecule has 178 valence electrons. The zero-order valence-electron chi connectivity index (χ0n) is 19.5. The van der Waals surface area contributed by atoms with Crippen molar-refractivity contribution in [2.45, 2.75) is 51.1 Å². The Kier molecular flexibility index (Phi) is 6.53. The van der Waals surface area contributed by atoms with Crippen molar-refractivity contribution in [3.05, 3.63) is 64.3 Å². The lowest BCUT2D eigenvalue weighted by molar-refractivity contribution is 0.0934. The maximum absolute atomic E-state index is 12.7. The number of carbonyl (C=O) groups excluding carboxylic acids is 1. The second-order valence-electron chi connectivity index (χ2n) is 9.41. The number of fused-ring (bicyclic) bond motifs is 1. The van der Waals surface area contributed by atoms with Gasteiger partial charge in [0, 0.05) is 31.4 Å². The Bertz CT molecular complexity index is 1210. The Hall–Kier alpha value is -3.33. The van der Waals surface area contributed by atoms with Crippen LogP contribution in [0, 0.1) is 5.92 Å². The van der Waals surface area contributed by atoms with Gasteiger partial charge >= 0.3 is 0 Å². The Labute approximate surface area is 198 Å². The predicted octanol–water partition coefficient (Wildman–Crippen LogP) is 2.33. The summed E-state index contributed by atoms with van der Waals surface area (Å²) in [5.74, 6) is 1.30. The number of carbonyl (C=O) groups is 1. The molecule has 3 aromatic rings. The largest absolute Gasteiger partial charge is 0.354 e. The van der Waals surface area contributed by atoms with Crippen LogP contribution in [0.1, 0.15) is 61.3 Å². The van der Waals surface area contributed by atoms with Crippen LogP contribution >= 0.6 is 0 Å². The van der Waals surface area contributed by atoms with Gasteiger partial charge in [-0.2, -0.15) is 5.10 Å². The summed E-state index contributed by atoms with van der Waals surface area (Å²) in [6.07, 6.45) is 8.06. The van der Waals surface area contributed by atoms with E-state index in [-0.39, 0.29) is 17.3 Å². The second-order valence-corrected chi connectivity index (χ2v) is 9.41. The molecule has 0 aromatic carbocycles. The summed E-state index contributed by atoms with van der Waals surface area (Å²) in [7, 11) is 0. The van der Waals surface area contributed by atoms with E-state index in [0.29, 0.717) is 17.4 Å². The van der Waals surface area contributed by atoms with Crippen molar-refractivity contribution >= 4 is 17.4 Å². The molecule has 0 spiro atoms. The van der Waals surface area contributed by atoms with Gasteiger partial charge in [-0.1, -0.05) is 12.5 Å². The van der Waals surface area contributed by atoms with Crippen molar-refractivity contribution in [3.63, 3.8) is 0 Å². The molecule has 2 fully saturated rings. The van der Waals surface area contributed by atoms with Gasteiger partial charge in [0.25, 0.3) is 11.5 Å². The summed E-state index contributed by atoms with van der Waals surface area (Å²) in [6, 6.07) is 10.5. The van der Waals surface area contributed by atoms with Crippen LogP contribution in [0.5, 0.6) is 0 Å². The molecule has 1 aliphatic heterocycles. The fourth-order valence-electron chi connectivity index (χ4n) is 4.63. The molecule has 2 N–H and O–H groups in total. The molecule has 1 saturated heterocycles. The van der Waals surface area contributed by atoms with Crippen LogP contribution in [0.2, 0.25) is 0 Å². The van der Waals surface area contributed by atoms with E-state index in [1.54, 1.807) is 24.4 Å². The molecule has 2 atom stereocenters. The third-order valence-electron chi connectivity index (χ3n) is 6.93. The van der Waals surface area contributed by atoms with Crippen LogP contribution < -0.4 is 21.1 Å². The number of rotatable bonds is 7. The molecule has 0 radical (unpaired) electrons. The summed E-state index contributed by atoms with van der Waals surface area (Å²) >= 11 is 0. The van der Waals surface area contributed by atoms with Gasteiger partial charge in [0.15, 0.2) is 5.82 Å². The molecule has 5 rings (SSSR count). The van der Waals surface area contributed by atoms with Crippen molar-refractivity contribution in [2.75, 3.05) is 24.5 Å². The first-order valence-electron chi connectivity index (χ1n) is 12.2. The first kappa shape index (κ1) is 22.5. The molecule has 9 nitrogen and oxygen atoms in total. The van der Waals surface area contributed by atoms with Crippen LogP contribution in [0.3, 0.4) is 0 Å². The number of pyridine rings is 1. The highest BCUT2D eigenvalue weighted by molar-refractivity contribution is 5.92. The van der Waals surface area contributed by atoms with Crippen LogP contribution in [-0.4, -0.2) is 51.2 Å². The molecule has 1 unspecified atom stereocenters. The molecule has 1 saturated carbocycles. The average Bonchev–Trinajstić information content (AvgIpc) is 2.83. The van der Waals surface area contributed by atoms with Gasteiger partial charge in [0.1, 0.15) is 11.3 Å². The summed E-state index contributed by atoms with van der Waals surface area (Å²) in [4.78, 5) is 31.6. The summed E-state index contributed by atoms with van der Waals surface area (Å²) in [5.41, 5.74) is 0.876. The molecule has 34 heavy (non-hydrogen) atoms. The normalized spacial score (nSPS) is 19.6. The monoisotopic (exact) mass is 461 g/mol. The summed E-state index contributed by atoms with van der Waals surface area (Å²) < 4.78 is 1.40. The second kappa shape index (κ2) is 9.89. The van der Waals surface area contributed by atoms with Gasteiger partial charge in [-0.25, -0.2) is 4.98 Å². The third-order valence-corrected chi connectivity index (χ3v) is 6.93. The lowest BCUT2D eigenvalue weighted by Crippen LogP contribution is -2.47. The van der Waals surface area contributed by atoms with Crippen LogP contribution in [-0.2, 0) is 0 Å².